The smallest absolute Gasteiger partial charge is 0.163 e. The van der Waals surface area contributed by atoms with E-state index in [1.165, 1.54) is 0 Å². The number of ether oxygens (including phenoxy) is 1. The first-order chi connectivity index (χ1) is 13.7. The topological polar surface area (TPSA) is 51.1 Å². The standard InChI is InChI=1S/C22H19ClN4O/c1-27(13-14-28-17-7-3-2-4-8-17)22-18-9-5-6-10-19(18)25-21(26-22)16-11-12-20(23)24-15-16/h2-12,15H,13-14H2,1H3. The monoisotopic (exact) mass is 390 g/mol. The highest BCUT2D eigenvalue weighted by Crippen LogP contribution is 2.27. The van der Waals surface area contributed by atoms with E-state index in [-0.39, 0.29) is 0 Å². The Morgan fingerprint density at radius 3 is 2.50 bits per heavy atom. The molecule has 2 aromatic heterocycles. The van der Waals surface area contributed by atoms with Crippen LogP contribution in [-0.2, 0) is 0 Å². The van der Waals surface area contributed by atoms with Crippen molar-refractivity contribution in [2.45, 2.75) is 0 Å². The summed E-state index contributed by atoms with van der Waals surface area (Å²) in [4.78, 5) is 15.7. The summed E-state index contributed by atoms with van der Waals surface area (Å²) < 4.78 is 5.83. The summed E-state index contributed by atoms with van der Waals surface area (Å²) in [6.45, 7) is 1.24. The maximum absolute atomic E-state index is 5.91. The molecule has 0 saturated carbocycles. The zero-order valence-corrected chi connectivity index (χ0v) is 16.2. The second-order valence-electron chi connectivity index (χ2n) is 6.34. The zero-order valence-electron chi connectivity index (χ0n) is 15.4. The molecule has 0 amide bonds. The first-order valence-electron chi connectivity index (χ1n) is 8.98. The number of benzene rings is 2. The van der Waals surface area contributed by atoms with Crippen LogP contribution < -0.4 is 9.64 Å². The number of likely N-dealkylation sites (N-methyl/N-ethyl adjacent to an activating group) is 1. The predicted molar refractivity (Wildman–Crippen MR) is 113 cm³/mol. The Morgan fingerprint density at radius 1 is 0.929 bits per heavy atom. The lowest BCUT2D eigenvalue weighted by Crippen LogP contribution is -2.25. The van der Waals surface area contributed by atoms with E-state index < -0.39 is 0 Å². The third-order valence-corrected chi connectivity index (χ3v) is 4.59. The molecular formula is C22H19ClN4O. The molecule has 0 atom stereocenters. The molecule has 28 heavy (non-hydrogen) atoms. The molecule has 0 aliphatic carbocycles. The highest BCUT2D eigenvalue weighted by molar-refractivity contribution is 6.29. The number of anilines is 1. The summed E-state index contributed by atoms with van der Waals surface area (Å²) in [6, 6.07) is 21.4. The van der Waals surface area contributed by atoms with Crippen LogP contribution in [0, 0.1) is 0 Å². The van der Waals surface area contributed by atoms with Crippen molar-refractivity contribution in [3.05, 3.63) is 78.1 Å². The molecule has 0 aliphatic rings. The van der Waals surface area contributed by atoms with Gasteiger partial charge in [-0.15, -0.1) is 0 Å². The molecule has 0 fully saturated rings. The third kappa shape index (κ3) is 4.05. The second kappa shape index (κ2) is 8.23. The molecule has 0 saturated heterocycles. The van der Waals surface area contributed by atoms with Crippen LogP contribution in [0.5, 0.6) is 5.75 Å². The van der Waals surface area contributed by atoms with Crippen LogP contribution in [0.3, 0.4) is 0 Å². The van der Waals surface area contributed by atoms with Gasteiger partial charge in [0, 0.05) is 24.2 Å². The lowest BCUT2D eigenvalue weighted by atomic mass is 10.2. The number of pyridine rings is 1. The van der Waals surface area contributed by atoms with Gasteiger partial charge in [-0.2, -0.15) is 0 Å². The summed E-state index contributed by atoms with van der Waals surface area (Å²) in [5.41, 5.74) is 1.71. The van der Waals surface area contributed by atoms with Crippen LogP contribution >= 0.6 is 11.6 Å². The van der Waals surface area contributed by atoms with Crippen LogP contribution in [0.15, 0.2) is 72.9 Å². The van der Waals surface area contributed by atoms with Crippen LogP contribution in [0.4, 0.5) is 5.82 Å². The second-order valence-corrected chi connectivity index (χ2v) is 6.73. The quantitative estimate of drug-likeness (QED) is 0.440. The maximum atomic E-state index is 5.91. The van der Waals surface area contributed by atoms with Crippen molar-refractivity contribution in [3.63, 3.8) is 0 Å². The molecule has 0 radical (unpaired) electrons. The molecule has 6 heteroatoms. The van der Waals surface area contributed by atoms with Gasteiger partial charge in [0.15, 0.2) is 5.82 Å². The number of rotatable bonds is 6. The summed E-state index contributed by atoms with van der Waals surface area (Å²) >= 11 is 5.91. The fourth-order valence-electron chi connectivity index (χ4n) is 2.91. The molecule has 0 N–H and O–H groups in total. The van der Waals surface area contributed by atoms with Crippen molar-refractivity contribution in [3.8, 4) is 17.1 Å². The molecule has 140 valence electrons. The molecule has 0 unspecified atom stereocenters. The molecule has 4 aromatic rings. The Hall–Kier alpha value is -3.18. The number of para-hydroxylation sites is 2. The summed E-state index contributed by atoms with van der Waals surface area (Å²) in [6.07, 6.45) is 1.69. The van der Waals surface area contributed by atoms with Gasteiger partial charge < -0.3 is 9.64 Å². The Bertz CT molecular complexity index is 1070. The number of hydrogen-bond donors (Lipinski definition) is 0. The van der Waals surface area contributed by atoms with Gasteiger partial charge in [-0.1, -0.05) is 41.9 Å². The van der Waals surface area contributed by atoms with Gasteiger partial charge in [-0.05, 0) is 36.4 Å². The van der Waals surface area contributed by atoms with Crippen LogP contribution in [0.25, 0.3) is 22.3 Å². The molecular weight excluding hydrogens is 372 g/mol. The van der Waals surface area contributed by atoms with Crippen molar-refractivity contribution in [2.75, 3.05) is 25.1 Å². The van der Waals surface area contributed by atoms with Crippen molar-refractivity contribution in [2.24, 2.45) is 0 Å². The fourth-order valence-corrected chi connectivity index (χ4v) is 3.02. The molecule has 5 nitrogen and oxygen atoms in total. The molecule has 0 spiro atoms. The SMILES string of the molecule is CN(CCOc1ccccc1)c1nc(-c2ccc(Cl)nc2)nc2ccccc12. The van der Waals surface area contributed by atoms with Gasteiger partial charge in [0.05, 0.1) is 12.1 Å². The average molecular weight is 391 g/mol. The van der Waals surface area contributed by atoms with Gasteiger partial charge in [0.2, 0.25) is 0 Å². The van der Waals surface area contributed by atoms with E-state index >= 15 is 0 Å². The van der Waals surface area contributed by atoms with E-state index in [9.17, 15) is 0 Å². The highest BCUT2D eigenvalue weighted by atomic mass is 35.5. The van der Waals surface area contributed by atoms with Crippen LogP contribution in [0.2, 0.25) is 5.15 Å². The van der Waals surface area contributed by atoms with Gasteiger partial charge in [0.25, 0.3) is 0 Å². The number of halogens is 1. The Balaban J connectivity index is 1.61. The van der Waals surface area contributed by atoms with E-state index in [0.717, 1.165) is 28.0 Å². The largest absolute Gasteiger partial charge is 0.492 e. The van der Waals surface area contributed by atoms with E-state index in [1.807, 2.05) is 67.7 Å². The van der Waals surface area contributed by atoms with Gasteiger partial charge in [-0.25, -0.2) is 15.0 Å². The summed E-state index contributed by atoms with van der Waals surface area (Å²) in [5.74, 6) is 2.33. The number of fused-ring (bicyclic) bond motifs is 1. The minimum atomic E-state index is 0.444. The minimum Gasteiger partial charge on any atom is -0.492 e. The van der Waals surface area contributed by atoms with Crippen molar-refractivity contribution >= 4 is 28.3 Å². The number of nitrogens with zero attached hydrogens (tertiary/aromatic N) is 4. The molecule has 2 aromatic carbocycles. The third-order valence-electron chi connectivity index (χ3n) is 4.37. The van der Waals surface area contributed by atoms with Crippen molar-refractivity contribution < 1.29 is 4.74 Å². The normalized spacial score (nSPS) is 10.8. The Morgan fingerprint density at radius 2 is 1.71 bits per heavy atom. The number of aromatic nitrogens is 3. The molecule has 2 heterocycles. The average Bonchev–Trinajstić information content (AvgIpc) is 2.74. The molecule has 4 rings (SSSR count). The summed E-state index contributed by atoms with van der Waals surface area (Å²) in [5, 5.41) is 1.44. The first-order valence-corrected chi connectivity index (χ1v) is 9.36. The molecule has 0 bridgehead atoms. The fraction of sp³-hybridized carbons (Fsp3) is 0.136. The number of hydrogen-bond acceptors (Lipinski definition) is 5. The first kappa shape index (κ1) is 18.2. The Kier molecular flexibility index (Phi) is 5.35. The lowest BCUT2D eigenvalue weighted by Gasteiger charge is -2.21. The van der Waals surface area contributed by atoms with E-state index in [2.05, 4.69) is 9.88 Å². The predicted octanol–water partition coefficient (Wildman–Crippen LogP) is 4.86. The summed E-state index contributed by atoms with van der Waals surface area (Å²) in [7, 11) is 2.01. The maximum Gasteiger partial charge on any atom is 0.163 e. The van der Waals surface area contributed by atoms with Gasteiger partial charge in [0.1, 0.15) is 23.3 Å². The van der Waals surface area contributed by atoms with Crippen molar-refractivity contribution in [1.29, 1.82) is 0 Å². The van der Waals surface area contributed by atoms with Crippen molar-refractivity contribution in [1.82, 2.24) is 15.0 Å². The highest BCUT2D eigenvalue weighted by Gasteiger charge is 2.13. The van der Waals surface area contributed by atoms with Gasteiger partial charge >= 0.3 is 0 Å². The lowest BCUT2D eigenvalue weighted by molar-refractivity contribution is 0.326. The van der Waals surface area contributed by atoms with Crippen LogP contribution in [-0.4, -0.2) is 35.2 Å². The Labute approximate surface area is 168 Å². The van der Waals surface area contributed by atoms with E-state index in [0.29, 0.717) is 24.1 Å². The van der Waals surface area contributed by atoms with E-state index in [4.69, 9.17) is 26.3 Å². The van der Waals surface area contributed by atoms with Crippen LogP contribution in [0.1, 0.15) is 0 Å². The van der Waals surface area contributed by atoms with Gasteiger partial charge in [-0.3, -0.25) is 0 Å². The van der Waals surface area contributed by atoms with E-state index in [1.54, 1.807) is 12.3 Å². The zero-order chi connectivity index (χ0) is 19.3. The minimum absolute atomic E-state index is 0.444. The molecule has 0 aliphatic heterocycles.